The quantitative estimate of drug-likeness (QED) is 0.907. The van der Waals surface area contributed by atoms with E-state index in [1.54, 1.807) is 12.3 Å². The standard InChI is InChI=1S/C15H15NO4/c1-10(12-5-3-4-8-16-12)20-13-7-6-11(15(17)18)9-14(13)19-2/h3-10H,1-2H3,(H,17,18)/t10-/m0/s1. The molecule has 5 nitrogen and oxygen atoms in total. The molecule has 1 N–H and O–H groups in total. The van der Waals surface area contributed by atoms with Crippen LogP contribution in [0.2, 0.25) is 0 Å². The van der Waals surface area contributed by atoms with Crippen LogP contribution >= 0.6 is 0 Å². The summed E-state index contributed by atoms with van der Waals surface area (Å²) in [5.41, 5.74) is 0.941. The number of hydrogen-bond acceptors (Lipinski definition) is 4. The third-order valence-corrected chi connectivity index (χ3v) is 2.82. The first kappa shape index (κ1) is 13.9. The highest BCUT2D eigenvalue weighted by atomic mass is 16.5. The van der Waals surface area contributed by atoms with Crippen LogP contribution in [0.1, 0.15) is 29.1 Å². The van der Waals surface area contributed by atoms with Crippen molar-refractivity contribution < 1.29 is 19.4 Å². The summed E-state index contributed by atoms with van der Waals surface area (Å²) in [5.74, 6) is -0.143. The zero-order valence-corrected chi connectivity index (χ0v) is 11.2. The number of methoxy groups -OCH3 is 1. The molecular formula is C15H15NO4. The molecule has 1 atom stereocenters. The van der Waals surface area contributed by atoms with Crippen LogP contribution in [-0.2, 0) is 0 Å². The van der Waals surface area contributed by atoms with E-state index < -0.39 is 5.97 Å². The van der Waals surface area contributed by atoms with E-state index in [4.69, 9.17) is 14.6 Å². The second kappa shape index (κ2) is 6.06. The Balaban J connectivity index is 2.23. The van der Waals surface area contributed by atoms with Gasteiger partial charge in [-0.15, -0.1) is 0 Å². The SMILES string of the molecule is COc1cc(C(=O)O)ccc1O[C@@H](C)c1ccccn1. The Kier molecular flexibility index (Phi) is 4.20. The smallest absolute Gasteiger partial charge is 0.335 e. The van der Waals surface area contributed by atoms with Crippen molar-refractivity contribution in [3.63, 3.8) is 0 Å². The Bertz CT molecular complexity index is 598. The summed E-state index contributed by atoms with van der Waals surface area (Å²) >= 11 is 0. The van der Waals surface area contributed by atoms with Gasteiger partial charge in [0.2, 0.25) is 0 Å². The Hall–Kier alpha value is -2.56. The third kappa shape index (κ3) is 3.06. The molecule has 0 radical (unpaired) electrons. The van der Waals surface area contributed by atoms with Gasteiger partial charge in [0, 0.05) is 6.20 Å². The number of aromatic carboxylic acids is 1. The Morgan fingerprint density at radius 2 is 2.05 bits per heavy atom. The first-order chi connectivity index (χ1) is 9.61. The molecule has 1 aromatic carbocycles. The van der Waals surface area contributed by atoms with Crippen LogP contribution in [0.3, 0.4) is 0 Å². The fourth-order valence-corrected chi connectivity index (χ4v) is 1.77. The molecule has 0 saturated heterocycles. The van der Waals surface area contributed by atoms with Gasteiger partial charge in [-0.05, 0) is 37.3 Å². The number of pyridine rings is 1. The van der Waals surface area contributed by atoms with E-state index in [9.17, 15) is 4.79 Å². The molecule has 2 aromatic rings. The third-order valence-electron chi connectivity index (χ3n) is 2.82. The molecule has 0 unspecified atom stereocenters. The van der Waals surface area contributed by atoms with E-state index >= 15 is 0 Å². The normalized spacial score (nSPS) is 11.7. The van der Waals surface area contributed by atoms with Gasteiger partial charge in [-0.2, -0.15) is 0 Å². The number of rotatable bonds is 5. The molecule has 20 heavy (non-hydrogen) atoms. The number of aromatic nitrogens is 1. The summed E-state index contributed by atoms with van der Waals surface area (Å²) in [6, 6.07) is 10.1. The Morgan fingerprint density at radius 1 is 1.25 bits per heavy atom. The van der Waals surface area contributed by atoms with Gasteiger partial charge >= 0.3 is 5.97 Å². The molecule has 5 heteroatoms. The number of carboxylic acids is 1. The minimum absolute atomic E-state index is 0.152. The van der Waals surface area contributed by atoms with Crippen molar-refractivity contribution in [2.75, 3.05) is 7.11 Å². The number of carboxylic acid groups (broad SMARTS) is 1. The van der Waals surface area contributed by atoms with Crippen LogP contribution in [0.25, 0.3) is 0 Å². The minimum atomic E-state index is -1.01. The molecule has 0 bridgehead atoms. The summed E-state index contributed by atoms with van der Waals surface area (Å²) in [5, 5.41) is 8.95. The highest BCUT2D eigenvalue weighted by Gasteiger charge is 2.14. The van der Waals surface area contributed by atoms with Crippen LogP contribution in [0, 0.1) is 0 Å². The van der Waals surface area contributed by atoms with Crippen LogP contribution in [0.5, 0.6) is 11.5 Å². The van der Waals surface area contributed by atoms with E-state index in [0.717, 1.165) is 5.69 Å². The fraction of sp³-hybridized carbons (Fsp3) is 0.200. The first-order valence-corrected chi connectivity index (χ1v) is 6.10. The van der Waals surface area contributed by atoms with Crippen molar-refractivity contribution >= 4 is 5.97 Å². The van der Waals surface area contributed by atoms with E-state index in [2.05, 4.69) is 4.98 Å². The number of hydrogen-bond donors (Lipinski definition) is 1. The first-order valence-electron chi connectivity index (χ1n) is 6.10. The molecule has 0 fully saturated rings. The molecule has 0 aliphatic heterocycles. The molecule has 1 aromatic heterocycles. The highest BCUT2D eigenvalue weighted by molar-refractivity contribution is 5.88. The molecule has 0 aliphatic rings. The van der Waals surface area contributed by atoms with Crippen molar-refractivity contribution in [2.24, 2.45) is 0 Å². The second-order valence-corrected chi connectivity index (χ2v) is 4.19. The van der Waals surface area contributed by atoms with Crippen LogP contribution < -0.4 is 9.47 Å². The highest BCUT2D eigenvalue weighted by Crippen LogP contribution is 2.31. The largest absolute Gasteiger partial charge is 0.493 e. The second-order valence-electron chi connectivity index (χ2n) is 4.19. The van der Waals surface area contributed by atoms with Crippen molar-refractivity contribution in [3.8, 4) is 11.5 Å². The van der Waals surface area contributed by atoms with Crippen molar-refractivity contribution in [3.05, 3.63) is 53.9 Å². The number of ether oxygens (including phenoxy) is 2. The van der Waals surface area contributed by atoms with E-state index in [-0.39, 0.29) is 11.7 Å². The van der Waals surface area contributed by atoms with E-state index in [1.165, 1.54) is 19.2 Å². The van der Waals surface area contributed by atoms with Crippen molar-refractivity contribution in [1.29, 1.82) is 0 Å². The summed E-state index contributed by atoms with van der Waals surface area (Å²) in [7, 11) is 1.47. The molecular weight excluding hydrogens is 258 g/mol. The lowest BCUT2D eigenvalue weighted by atomic mass is 10.2. The molecule has 0 amide bonds. The number of carbonyl (C=O) groups is 1. The van der Waals surface area contributed by atoms with Gasteiger partial charge < -0.3 is 14.6 Å². The fourth-order valence-electron chi connectivity index (χ4n) is 1.77. The van der Waals surface area contributed by atoms with E-state index in [0.29, 0.717) is 11.5 Å². The monoisotopic (exact) mass is 273 g/mol. The van der Waals surface area contributed by atoms with Crippen LogP contribution in [0.15, 0.2) is 42.6 Å². The molecule has 0 spiro atoms. The molecule has 0 aliphatic carbocycles. The summed E-state index contributed by atoms with van der Waals surface area (Å²) in [6.07, 6.45) is 1.43. The van der Waals surface area contributed by atoms with Gasteiger partial charge in [-0.25, -0.2) is 4.79 Å². The summed E-state index contributed by atoms with van der Waals surface area (Å²) in [4.78, 5) is 15.1. The minimum Gasteiger partial charge on any atom is -0.493 e. The lowest BCUT2D eigenvalue weighted by molar-refractivity contribution is 0.0696. The molecule has 0 saturated carbocycles. The Labute approximate surface area is 116 Å². The lowest BCUT2D eigenvalue weighted by Gasteiger charge is -2.16. The number of benzene rings is 1. The average molecular weight is 273 g/mol. The zero-order chi connectivity index (χ0) is 14.5. The van der Waals surface area contributed by atoms with Crippen molar-refractivity contribution in [2.45, 2.75) is 13.0 Å². The van der Waals surface area contributed by atoms with Gasteiger partial charge in [0.25, 0.3) is 0 Å². The predicted molar refractivity (Wildman–Crippen MR) is 73.2 cm³/mol. The van der Waals surface area contributed by atoms with Crippen LogP contribution in [-0.4, -0.2) is 23.2 Å². The van der Waals surface area contributed by atoms with E-state index in [1.807, 2.05) is 25.1 Å². The lowest BCUT2D eigenvalue weighted by Crippen LogP contribution is -2.06. The maximum absolute atomic E-state index is 10.9. The molecule has 104 valence electrons. The molecule has 1 heterocycles. The maximum atomic E-state index is 10.9. The maximum Gasteiger partial charge on any atom is 0.335 e. The van der Waals surface area contributed by atoms with Crippen molar-refractivity contribution in [1.82, 2.24) is 4.98 Å². The summed E-state index contributed by atoms with van der Waals surface area (Å²) < 4.78 is 10.9. The van der Waals surface area contributed by atoms with Gasteiger partial charge in [0.1, 0.15) is 6.10 Å². The Morgan fingerprint density at radius 3 is 2.65 bits per heavy atom. The van der Waals surface area contributed by atoms with Gasteiger partial charge in [0.15, 0.2) is 11.5 Å². The average Bonchev–Trinajstić information content (AvgIpc) is 2.48. The van der Waals surface area contributed by atoms with Gasteiger partial charge in [0.05, 0.1) is 18.4 Å². The zero-order valence-electron chi connectivity index (χ0n) is 11.2. The number of nitrogens with zero attached hydrogens (tertiary/aromatic N) is 1. The van der Waals surface area contributed by atoms with Crippen LogP contribution in [0.4, 0.5) is 0 Å². The predicted octanol–water partition coefficient (Wildman–Crippen LogP) is 2.93. The van der Waals surface area contributed by atoms with Gasteiger partial charge in [-0.1, -0.05) is 6.07 Å². The molecule has 2 rings (SSSR count). The van der Waals surface area contributed by atoms with Gasteiger partial charge in [-0.3, -0.25) is 4.98 Å². The topological polar surface area (TPSA) is 68.7 Å². The summed E-state index contributed by atoms with van der Waals surface area (Å²) in [6.45, 7) is 1.87.